The second-order valence-corrected chi connectivity index (χ2v) is 5.57. The lowest BCUT2D eigenvalue weighted by Crippen LogP contribution is -2.42. The molecule has 0 heterocycles. The van der Waals surface area contributed by atoms with E-state index < -0.39 is 35.1 Å². The monoisotopic (exact) mass is 369 g/mol. The van der Waals surface area contributed by atoms with Gasteiger partial charge in [0.2, 0.25) is 0 Å². The fourth-order valence-electron chi connectivity index (χ4n) is 2.18. The maximum Gasteiger partial charge on any atom is 0.326 e. The van der Waals surface area contributed by atoms with E-state index in [4.69, 9.17) is 16.3 Å². The first-order valence-corrected chi connectivity index (χ1v) is 7.50. The highest BCUT2D eigenvalue weighted by molar-refractivity contribution is 6.32. The molecule has 0 fully saturated rings. The van der Waals surface area contributed by atoms with Crippen molar-refractivity contribution < 1.29 is 28.2 Å². The number of nitrogens with one attached hydrogen (secondary N) is 1. The van der Waals surface area contributed by atoms with Crippen molar-refractivity contribution in [3.05, 3.63) is 64.2 Å². The number of methoxy groups -OCH3 is 1. The van der Waals surface area contributed by atoms with Crippen molar-refractivity contribution in [3.8, 4) is 5.75 Å². The number of halogens is 3. The molecule has 2 aromatic rings. The lowest BCUT2D eigenvalue weighted by atomic mass is 10.0. The lowest BCUT2D eigenvalue weighted by Gasteiger charge is -2.15. The quantitative estimate of drug-likeness (QED) is 0.820. The predicted octanol–water partition coefficient (Wildman–Crippen LogP) is 3.05. The van der Waals surface area contributed by atoms with Gasteiger partial charge < -0.3 is 15.2 Å². The van der Waals surface area contributed by atoms with Crippen LogP contribution in [0.2, 0.25) is 5.02 Å². The molecule has 0 bridgehead atoms. The molecule has 0 spiro atoms. The molecule has 0 unspecified atom stereocenters. The lowest BCUT2D eigenvalue weighted by molar-refractivity contribution is -0.139. The molecule has 0 saturated heterocycles. The molecule has 25 heavy (non-hydrogen) atoms. The Hall–Kier alpha value is -2.67. The van der Waals surface area contributed by atoms with Gasteiger partial charge in [-0.15, -0.1) is 0 Å². The van der Waals surface area contributed by atoms with Gasteiger partial charge >= 0.3 is 5.97 Å². The summed E-state index contributed by atoms with van der Waals surface area (Å²) in [7, 11) is 1.44. The van der Waals surface area contributed by atoms with E-state index in [0.717, 1.165) is 12.1 Å². The molecule has 132 valence electrons. The van der Waals surface area contributed by atoms with E-state index in [2.05, 4.69) is 5.32 Å². The van der Waals surface area contributed by atoms with Crippen molar-refractivity contribution in [2.24, 2.45) is 0 Å². The van der Waals surface area contributed by atoms with E-state index in [-0.39, 0.29) is 6.42 Å². The molecule has 1 atom stereocenters. The Kier molecular flexibility index (Phi) is 5.93. The van der Waals surface area contributed by atoms with E-state index in [9.17, 15) is 23.5 Å². The third kappa shape index (κ3) is 4.67. The summed E-state index contributed by atoms with van der Waals surface area (Å²) in [6, 6.07) is 5.78. The van der Waals surface area contributed by atoms with Crippen LogP contribution in [0.5, 0.6) is 5.75 Å². The first-order valence-electron chi connectivity index (χ1n) is 7.13. The Labute approximate surface area is 147 Å². The van der Waals surface area contributed by atoms with Crippen LogP contribution in [-0.4, -0.2) is 30.1 Å². The summed E-state index contributed by atoms with van der Waals surface area (Å²) in [4.78, 5) is 23.5. The summed E-state index contributed by atoms with van der Waals surface area (Å²) in [6.45, 7) is 0. The van der Waals surface area contributed by atoms with Crippen LogP contribution in [0.25, 0.3) is 0 Å². The van der Waals surface area contributed by atoms with Crippen molar-refractivity contribution in [2.45, 2.75) is 12.5 Å². The van der Waals surface area contributed by atoms with E-state index in [1.165, 1.54) is 13.2 Å². The predicted molar refractivity (Wildman–Crippen MR) is 87.0 cm³/mol. The number of ether oxygens (including phenoxy) is 1. The number of hydrogen-bond acceptors (Lipinski definition) is 3. The summed E-state index contributed by atoms with van der Waals surface area (Å²) < 4.78 is 31.5. The zero-order valence-corrected chi connectivity index (χ0v) is 13.8. The topological polar surface area (TPSA) is 75.6 Å². The second kappa shape index (κ2) is 7.94. The van der Waals surface area contributed by atoms with Crippen LogP contribution in [0.3, 0.4) is 0 Å². The van der Waals surface area contributed by atoms with Gasteiger partial charge in [0.1, 0.15) is 23.4 Å². The van der Waals surface area contributed by atoms with E-state index in [0.29, 0.717) is 22.4 Å². The van der Waals surface area contributed by atoms with Gasteiger partial charge in [0, 0.05) is 12.5 Å². The van der Waals surface area contributed by atoms with Crippen molar-refractivity contribution in [3.63, 3.8) is 0 Å². The van der Waals surface area contributed by atoms with E-state index in [1.807, 2.05) is 0 Å². The first-order chi connectivity index (χ1) is 11.8. The average Bonchev–Trinajstić information content (AvgIpc) is 2.54. The highest BCUT2D eigenvalue weighted by Gasteiger charge is 2.23. The van der Waals surface area contributed by atoms with Crippen LogP contribution >= 0.6 is 11.6 Å². The third-order valence-corrected chi connectivity index (χ3v) is 3.73. The van der Waals surface area contributed by atoms with Crippen LogP contribution in [0, 0.1) is 11.6 Å². The normalized spacial score (nSPS) is 11.7. The molecule has 5 nitrogen and oxygen atoms in total. The highest BCUT2D eigenvalue weighted by Crippen LogP contribution is 2.25. The second-order valence-electron chi connectivity index (χ2n) is 5.16. The molecule has 0 aliphatic carbocycles. The number of carboxylic acid groups (broad SMARTS) is 1. The van der Waals surface area contributed by atoms with Gasteiger partial charge in [-0.25, -0.2) is 13.6 Å². The first kappa shape index (κ1) is 18.7. The van der Waals surface area contributed by atoms with Crippen molar-refractivity contribution in [2.75, 3.05) is 7.11 Å². The smallest absolute Gasteiger partial charge is 0.326 e. The van der Waals surface area contributed by atoms with E-state index in [1.54, 1.807) is 12.1 Å². The summed E-state index contributed by atoms with van der Waals surface area (Å²) >= 11 is 5.98. The molecule has 0 aromatic heterocycles. The molecule has 0 aliphatic heterocycles. The molecule has 0 aliphatic rings. The van der Waals surface area contributed by atoms with Crippen molar-refractivity contribution in [1.29, 1.82) is 0 Å². The maximum absolute atomic E-state index is 13.6. The number of amides is 1. The van der Waals surface area contributed by atoms with Crippen molar-refractivity contribution >= 4 is 23.5 Å². The summed E-state index contributed by atoms with van der Waals surface area (Å²) in [5, 5.41) is 11.8. The van der Waals surface area contributed by atoms with Crippen LogP contribution in [0.4, 0.5) is 8.78 Å². The molecule has 2 rings (SSSR count). The molecule has 8 heteroatoms. The minimum atomic E-state index is -1.32. The number of hydrogen-bond donors (Lipinski definition) is 2. The summed E-state index contributed by atoms with van der Waals surface area (Å²) in [6.07, 6.45) is -0.0758. The van der Waals surface area contributed by atoms with Crippen LogP contribution in [0.15, 0.2) is 36.4 Å². The van der Waals surface area contributed by atoms with Crippen LogP contribution in [0.1, 0.15) is 15.9 Å². The van der Waals surface area contributed by atoms with E-state index >= 15 is 0 Å². The van der Waals surface area contributed by atoms with Crippen LogP contribution in [-0.2, 0) is 11.2 Å². The SMILES string of the molecule is COc1ccc(C[C@H](NC(=O)c2ccc(F)cc2F)C(=O)O)cc1Cl. The number of carbonyl (C=O) groups is 2. The highest BCUT2D eigenvalue weighted by atomic mass is 35.5. The number of rotatable bonds is 6. The van der Waals surface area contributed by atoms with Gasteiger partial charge in [-0.1, -0.05) is 17.7 Å². The fraction of sp³-hybridized carbons (Fsp3) is 0.176. The minimum Gasteiger partial charge on any atom is -0.495 e. The fourth-order valence-corrected chi connectivity index (χ4v) is 2.46. The molecule has 1 amide bonds. The van der Waals surface area contributed by atoms with Gasteiger partial charge in [-0.3, -0.25) is 4.79 Å². The zero-order chi connectivity index (χ0) is 18.6. The molecular formula is C17H14ClF2NO4. The number of aliphatic carboxylic acids is 1. The Balaban J connectivity index is 2.17. The molecule has 0 radical (unpaired) electrons. The Morgan fingerprint density at radius 1 is 1.24 bits per heavy atom. The van der Waals surface area contributed by atoms with Gasteiger partial charge in [0.15, 0.2) is 0 Å². The Morgan fingerprint density at radius 2 is 1.96 bits per heavy atom. The molecule has 2 N–H and O–H groups in total. The van der Waals surface area contributed by atoms with Gasteiger partial charge in [-0.2, -0.15) is 0 Å². The number of benzene rings is 2. The maximum atomic E-state index is 13.6. The molecule has 0 saturated carbocycles. The molecular weight excluding hydrogens is 356 g/mol. The molecule has 2 aromatic carbocycles. The average molecular weight is 370 g/mol. The van der Waals surface area contributed by atoms with Crippen LogP contribution < -0.4 is 10.1 Å². The zero-order valence-electron chi connectivity index (χ0n) is 13.1. The Morgan fingerprint density at radius 3 is 2.52 bits per heavy atom. The summed E-state index contributed by atoms with van der Waals surface area (Å²) in [5.41, 5.74) is 0.0958. The van der Waals surface area contributed by atoms with Gasteiger partial charge in [0.25, 0.3) is 5.91 Å². The van der Waals surface area contributed by atoms with Crippen molar-refractivity contribution in [1.82, 2.24) is 5.32 Å². The van der Waals surface area contributed by atoms with Gasteiger partial charge in [0.05, 0.1) is 17.7 Å². The van der Waals surface area contributed by atoms with Gasteiger partial charge in [-0.05, 0) is 29.8 Å². The third-order valence-electron chi connectivity index (χ3n) is 3.44. The minimum absolute atomic E-state index is 0.0758. The Bertz CT molecular complexity index is 813. The summed E-state index contributed by atoms with van der Waals surface area (Å²) in [5.74, 6) is -3.74. The number of carboxylic acids is 1. The largest absolute Gasteiger partial charge is 0.495 e. The standard InChI is InChI=1S/C17H14ClF2NO4/c1-25-15-5-2-9(6-12(15)18)7-14(17(23)24)21-16(22)11-4-3-10(19)8-13(11)20/h2-6,8,14H,7H2,1H3,(H,21,22)(H,23,24)/t14-/m0/s1. The number of carbonyl (C=O) groups excluding carboxylic acids is 1.